The molecule has 0 bridgehead atoms. The monoisotopic (exact) mass is 243 g/mol. The molecule has 0 radical (unpaired) electrons. The van der Waals surface area contributed by atoms with Gasteiger partial charge in [0.15, 0.2) is 0 Å². The molecule has 98 valence electrons. The molecule has 1 atom stereocenters. The van der Waals surface area contributed by atoms with Crippen molar-refractivity contribution >= 4 is 12.1 Å². The van der Waals surface area contributed by atoms with Crippen LogP contribution in [0.15, 0.2) is 12.7 Å². The smallest absolute Gasteiger partial charge is 0.408 e. The molecule has 5 nitrogen and oxygen atoms in total. The summed E-state index contributed by atoms with van der Waals surface area (Å²) in [6.45, 7) is 10.6. The summed E-state index contributed by atoms with van der Waals surface area (Å²) in [6, 6.07) is 0. The molecule has 0 saturated heterocycles. The van der Waals surface area contributed by atoms with Gasteiger partial charge >= 0.3 is 12.1 Å². The SMILES string of the molecule is C=C[C@](CC)(CC(=O)O)NC(=O)OC(C)(C)C. The molecule has 0 aromatic rings. The molecule has 0 saturated carbocycles. The third-order valence-corrected chi connectivity index (χ3v) is 2.24. The maximum atomic E-state index is 11.6. The molecule has 0 unspecified atom stereocenters. The molecule has 5 heteroatoms. The molecule has 0 aliphatic carbocycles. The Balaban J connectivity index is 4.70. The minimum absolute atomic E-state index is 0.216. The lowest BCUT2D eigenvalue weighted by Gasteiger charge is -2.30. The summed E-state index contributed by atoms with van der Waals surface area (Å²) in [5.74, 6) is -0.997. The van der Waals surface area contributed by atoms with E-state index in [1.54, 1.807) is 27.7 Å². The maximum Gasteiger partial charge on any atom is 0.408 e. The second kappa shape index (κ2) is 5.70. The summed E-state index contributed by atoms with van der Waals surface area (Å²) >= 11 is 0. The van der Waals surface area contributed by atoms with Crippen LogP contribution in [0.5, 0.6) is 0 Å². The largest absolute Gasteiger partial charge is 0.481 e. The predicted octanol–water partition coefficient (Wildman–Crippen LogP) is 2.32. The van der Waals surface area contributed by atoms with Gasteiger partial charge in [0.2, 0.25) is 0 Å². The summed E-state index contributed by atoms with van der Waals surface area (Å²) < 4.78 is 5.09. The number of rotatable bonds is 5. The number of nitrogens with one attached hydrogen (secondary N) is 1. The number of aliphatic carboxylic acids is 1. The normalized spacial score (nSPS) is 14.6. The highest BCUT2D eigenvalue weighted by Gasteiger charge is 2.31. The Bertz CT molecular complexity index is 306. The van der Waals surface area contributed by atoms with E-state index < -0.39 is 23.2 Å². The second-order valence-corrected chi connectivity index (χ2v) is 4.91. The molecule has 17 heavy (non-hydrogen) atoms. The fourth-order valence-electron chi connectivity index (χ4n) is 1.30. The van der Waals surface area contributed by atoms with Crippen LogP contribution in [0.3, 0.4) is 0 Å². The zero-order chi connectivity index (χ0) is 13.7. The Morgan fingerprint density at radius 3 is 2.24 bits per heavy atom. The summed E-state index contributed by atoms with van der Waals surface area (Å²) in [4.78, 5) is 22.4. The van der Waals surface area contributed by atoms with Gasteiger partial charge in [0, 0.05) is 0 Å². The average Bonchev–Trinajstić information content (AvgIpc) is 2.12. The molecule has 0 aromatic heterocycles. The lowest BCUT2D eigenvalue weighted by Crippen LogP contribution is -2.49. The predicted molar refractivity (Wildman–Crippen MR) is 64.8 cm³/mol. The fraction of sp³-hybridized carbons (Fsp3) is 0.667. The van der Waals surface area contributed by atoms with Crippen molar-refractivity contribution in [3.8, 4) is 0 Å². The number of carbonyl (C=O) groups excluding carboxylic acids is 1. The van der Waals surface area contributed by atoms with E-state index >= 15 is 0 Å². The van der Waals surface area contributed by atoms with Crippen LogP contribution in [0.4, 0.5) is 4.79 Å². The number of hydrogen-bond donors (Lipinski definition) is 2. The Labute approximate surface area is 102 Å². The number of ether oxygens (including phenoxy) is 1. The van der Waals surface area contributed by atoms with Crippen LogP contribution in [0, 0.1) is 0 Å². The van der Waals surface area contributed by atoms with Gasteiger partial charge in [-0.1, -0.05) is 13.0 Å². The first-order valence-corrected chi connectivity index (χ1v) is 5.50. The first-order valence-electron chi connectivity index (χ1n) is 5.50. The van der Waals surface area contributed by atoms with Crippen molar-refractivity contribution in [1.82, 2.24) is 5.32 Å². The average molecular weight is 243 g/mol. The number of carbonyl (C=O) groups is 2. The van der Waals surface area contributed by atoms with Gasteiger partial charge in [0.1, 0.15) is 5.60 Å². The van der Waals surface area contributed by atoms with Crippen molar-refractivity contribution in [3.63, 3.8) is 0 Å². The van der Waals surface area contributed by atoms with Crippen LogP contribution < -0.4 is 5.32 Å². The maximum absolute atomic E-state index is 11.6. The summed E-state index contributed by atoms with van der Waals surface area (Å²) in [6.07, 6.45) is 1.01. The van der Waals surface area contributed by atoms with Gasteiger partial charge in [-0.3, -0.25) is 4.79 Å². The second-order valence-electron chi connectivity index (χ2n) is 4.91. The third kappa shape index (κ3) is 5.94. The summed E-state index contributed by atoms with van der Waals surface area (Å²) in [5, 5.41) is 11.4. The molecule has 0 fully saturated rings. The van der Waals surface area contributed by atoms with Crippen molar-refractivity contribution in [2.45, 2.75) is 51.7 Å². The number of alkyl carbamates (subject to hydrolysis) is 1. The van der Waals surface area contributed by atoms with E-state index in [9.17, 15) is 9.59 Å². The van der Waals surface area contributed by atoms with E-state index in [2.05, 4.69) is 11.9 Å². The standard InChI is InChI=1S/C12H21NO4/c1-6-12(7-2,8-9(14)15)13-10(16)17-11(3,4)5/h6H,1,7-8H2,2-5H3,(H,13,16)(H,14,15)/t12-/m0/s1. The molecule has 0 aliphatic rings. The topological polar surface area (TPSA) is 75.6 Å². The molecule has 0 rings (SSSR count). The number of amides is 1. The molecule has 0 aromatic carbocycles. The van der Waals surface area contributed by atoms with Crippen molar-refractivity contribution in [3.05, 3.63) is 12.7 Å². The third-order valence-electron chi connectivity index (χ3n) is 2.24. The number of hydrogen-bond acceptors (Lipinski definition) is 3. The van der Waals surface area contributed by atoms with E-state index in [-0.39, 0.29) is 6.42 Å². The summed E-state index contributed by atoms with van der Waals surface area (Å²) in [7, 11) is 0. The lowest BCUT2D eigenvalue weighted by atomic mass is 9.92. The van der Waals surface area contributed by atoms with Crippen LogP contribution in [-0.2, 0) is 9.53 Å². The first-order chi connectivity index (χ1) is 7.64. The minimum Gasteiger partial charge on any atom is -0.481 e. The van der Waals surface area contributed by atoms with Crippen molar-refractivity contribution in [1.29, 1.82) is 0 Å². The Morgan fingerprint density at radius 1 is 1.41 bits per heavy atom. The quantitative estimate of drug-likeness (QED) is 0.726. The van der Waals surface area contributed by atoms with Gasteiger partial charge in [-0.25, -0.2) is 4.79 Å². The minimum atomic E-state index is -0.997. The highest BCUT2D eigenvalue weighted by Crippen LogP contribution is 2.18. The zero-order valence-corrected chi connectivity index (χ0v) is 10.9. The van der Waals surface area contributed by atoms with Gasteiger partial charge < -0.3 is 15.2 Å². The van der Waals surface area contributed by atoms with Crippen molar-refractivity contribution < 1.29 is 19.4 Å². The first kappa shape index (κ1) is 15.5. The number of carboxylic acid groups (broad SMARTS) is 1. The van der Waals surface area contributed by atoms with E-state index in [0.717, 1.165) is 0 Å². The van der Waals surface area contributed by atoms with Gasteiger partial charge in [0.05, 0.1) is 12.0 Å². The fourth-order valence-corrected chi connectivity index (χ4v) is 1.30. The molecule has 1 amide bonds. The molecule has 2 N–H and O–H groups in total. The van der Waals surface area contributed by atoms with Crippen LogP contribution in [0.2, 0.25) is 0 Å². The zero-order valence-electron chi connectivity index (χ0n) is 10.9. The Hall–Kier alpha value is -1.52. The van der Waals surface area contributed by atoms with E-state index in [0.29, 0.717) is 6.42 Å². The molecular weight excluding hydrogens is 222 g/mol. The van der Waals surface area contributed by atoms with E-state index in [1.807, 2.05) is 0 Å². The lowest BCUT2D eigenvalue weighted by molar-refractivity contribution is -0.138. The molecule has 0 spiro atoms. The van der Waals surface area contributed by atoms with E-state index in [1.165, 1.54) is 6.08 Å². The van der Waals surface area contributed by atoms with Crippen LogP contribution in [0.1, 0.15) is 40.5 Å². The van der Waals surface area contributed by atoms with Crippen LogP contribution >= 0.6 is 0 Å². The Kier molecular flexibility index (Phi) is 5.19. The molecule has 0 aliphatic heterocycles. The van der Waals surface area contributed by atoms with Gasteiger partial charge in [-0.2, -0.15) is 0 Å². The highest BCUT2D eigenvalue weighted by atomic mass is 16.6. The van der Waals surface area contributed by atoms with Gasteiger partial charge in [0.25, 0.3) is 0 Å². The van der Waals surface area contributed by atoms with E-state index in [4.69, 9.17) is 9.84 Å². The summed E-state index contributed by atoms with van der Waals surface area (Å²) in [5.41, 5.74) is -1.58. The van der Waals surface area contributed by atoms with Gasteiger partial charge in [-0.15, -0.1) is 6.58 Å². The van der Waals surface area contributed by atoms with Crippen molar-refractivity contribution in [2.24, 2.45) is 0 Å². The Morgan fingerprint density at radius 2 is 1.94 bits per heavy atom. The van der Waals surface area contributed by atoms with Crippen LogP contribution in [-0.4, -0.2) is 28.3 Å². The van der Waals surface area contributed by atoms with Crippen LogP contribution in [0.25, 0.3) is 0 Å². The molecule has 0 heterocycles. The highest BCUT2D eigenvalue weighted by molar-refractivity contribution is 5.73. The van der Waals surface area contributed by atoms with Gasteiger partial charge in [-0.05, 0) is 27.2 Å². The molecular formula is C12H21NO4. The number of carboxylic acids is 1. The van der Waals surface area contributed by atoms with Crippen molar-refractivity contribution in [2.75, 3.05) is 0 Å².